The first-order chi connectivity index (χ1) is 8.58. The van der Waals surface area contributed by atoms with Crippen molar-refractivity contribution in [2.24, 2.45) is 11.8 Å². The molecule has 2 atom stereocenters. The summed E-state index contributed by atoms with van der Waals surface area (Å²) in [6.07, 6.45) is 7.24. The molecule has 0 aromatic heterocycles. The molecule has 1 nitrogen and oxygen atoms in total. The lowest BCUT2D eigenvalue weighted by atomic mass is 9.72. The summed E-state index contributed by atoms with van der Waals surface area (Å²) in [5.74, 6) is 1.69. The van der Waals surface area contributed by atoms with Crippen LogP contribution in [-0.4, -0.2) is 5.11 Å². The molecule has 2 fully saturated rings. The highest BCUT2D eigenvalue weighted by atomic mass is 16.3. The molecule has 0 spiro atoms. The zero-order valence-electron chi connectivity index (χ0n) is 11.6. The molecule has 1 aromatic rings. The number of hydrogen-bond donors (Lipinski definition) is 1. The van der Waals surface area contributed by atoms with Crippen molar-refractivity contribution in [2.45, 2.75) is 58.0 Å². The molecule has 2 unspecified atom stereocenters. The van der Waals surface area contributed by atoms with Crippen LogP contribution in [0, 0.1) is 25.7 Å². The number of benzene rings is 1. The van der Waals surface area contributed by atoms with Gasteiger partial charge in [0, 0.05) is 0 Å². The monoisotopic (exact) mass is 244 g/mol. The van der Waals surface area contributed by atoms with Crippen LogP contribution in [0.5, 0.6) is 0 Å². The molecule has 0 bridgehead atoms. The summed E-state index contributed by atoms with van der Waals surface area (Å²) >= 11 is 0. The van der Waals surface area contributed by atoms with Crippen molar-refractivity contribution < 1.29 is 5.11 Å². The normalized spacial score (nSPS) is 32.5. The van der Waals surface area contributed by atoms with Crippen LogP contribution in [0.25, 0.3) is 0 Å². The Morgan fingerprint density at radius 2 is 1.83 bits per heavy atom. The highest BCUT2D eigenvalue weighted by Crippen LogP contribution is 2.49. The van der Waals surface area contributed by atoms with E-state index >= 15 is 0 Å². The van der Waals surface area contributed by atoms with Crippen molar-refractivity contribution in [3.63, 3.8) is 0 Å². The molecular formula is C17H24O. The highest BCUT2D eigenvalue weighted by Gasteiger charge is 2.41. The summed E-state index contributed by atoms with van der Waals surface area (Å²) < 4.78 is 0. The van der Waals surface area contributed by atoms with Crippen LogP contribution in [-0.2, 0) is 5.60 Å². The van der Waals surface area contributed by atoms with Crippen LogP contribution < -0.4 is 0 Å². The Morgan fingerprint density at radius 3 is 2.50 bits per heavy atom. The molecule has 2 aliphatic rings. The number of aliphatic hydroxyl groups is 1. The molecule has 98 valence electrons. The van der Waals surface area contributed by atoms with Crippen LogP contribution in [0.15, 0.2) is 18.2 Å². The average Bonchev–Trinajstić information content (AvgIpc) is 3.17. The number of aryl methyl sites for hydroxylation is 2. The molecule has 1 aromatic carbocycles. The molecule has 0 aliphatic heterocycles. The molecule has 0 heterocycles. The van der Waals surface area contributed by atoms with Crippen LogP contribution in [0.2, 0.25) is 0 Å². The van der Waals surface area contributed by atoms with Crippen LogP contribution in [0.1, 0.15) is 55.2 Å². The van der Waals surface area contributed by atoms with E-state index < -0.39 is 5.60 Å². The van der Waals surface area contributed by atoms with Crippen molar-refractivity contribution in [3.05, 3.63) is 34.9 Å². The lowest BCUT2D eigenvalue weighted by molar-refractivity contribution is -0.0251. The van der Waals surface area contributed by atoms with E-state index in [0.717, 1.165) is 30.2 Å². The Morgan fingerprint density at radius 1 is 1.06 bits per heavy atom. The average molecular weight is 244 g/mol. The van der Waals surface area contributed by atoms with Gasteiger partial charge in [-0.25, -0.2) is 0 Å². The minimum atomic E-state index is -0.552. The van der Waals surface area contributed by atoms with E-state index in [1.807, 2.05) is 0 Å². The second-order valence-corrected chi connectivity index (χ2v) is 6.52. The molecule has 0 saturated heterocycles. The van der Waals surface area contributed by atoms with Crippen LogP contribution in [0.3, 0.4) is 0 Å². The first kappa shape index (κ1) is 12.2. The molecule has 0 radical (unpaired) electrons. The maximum absolute atomic E-state index is 11.0. The van der Waals surface area contributed by atoms with E-state index in [1.165, 1.54) is 36.8 Å². The lowest BCUT2D eigenvalue weighted by Crippen LogP contribution is -2.33. The van der Waals surface area contributed by atoms with Gasteiger partial charge in [-0.1, -0.05) is 18.2 Å². The predicted octanol–water partition coefficient (Wildman–Crippen LogP) is 4.09. The first-order valence-electron chi connectivity index (χ1n) is 7.39. The molecule has 18 heavy (non-hydrogen) atoms. The smallest absolute Gasteiger partial charge is 0.0899 e. The summed E-state index contributed by atoms with van der Waals surface area (Å²) in [4.78, 5) is 0. The van der Waals surface area contributed by atoms with E-state index in [4.69, 9.17) is 0 Å². The Labute approximate surface area is 110 Å². The molecule has 2 saturated carbocycles. The Bertz CT molecular complexity index is 447. The lowest BCUT2D eigenvalue weighted by Gasteiger charge is -2.37. The van der Waals surface area contributed by atoms with E-state index in [2.05, 4.69) is 32.0 Å². The Balaban J connectivity index is 1.85. The molecule has 2 aliphatic carbocycles. The number of hydrogen-bond acceptors (Lipinski definition) is 1. The fourth-order valence-corrected chi connectivity index (χ4v) is 3.56. The van der Waals surface area contributed by atoms with Crippen molar-refractivity contribution in [1.82, 2.24) is 0 Å². The van der Waals surface area contributed by atoms with Gasteiger partial charge in [-0.2, -0.15) is 0 Å². The largest absolute Gasteiger partial charge is 0.385 e. The maximum Gasteiger partial charge on any atom is 0.0899 e. The zero-order chi connectivity index (χ0) is 12.8. The summed E-state index contributed by atoms with van der Waals surface area (Å²) in [5.41, 5.74) is 3.21. The fourth-order valence-electron chi connectivity index (χ4n) is 3.56. The quantitative estimate of drug-likeness (QED) is 0.830. The predicted molar refractivity (Wildman–Crippen MR) is 74.5 cm³/mol. The molecule has 0 amide bonds. The first-order valence-corrected chi connectivity index (χ1v) is 7.39. The number of rotatable bonds is 2. The van der Waals surface area contributed by atoms with Gasteiger partial charge in [0.2, 0.25) is 0 Å². The van der Waals surface area contributed by atoms with Gasteiger partial charge < -0.3 is 5.11 Å². The topological polar surface area (TPSA) is 20.2 Å². The van der Waals surface area contributed by atoms with Gasteiger partial charge >= 0.3 is 0 Å². The van der Waals surface area contributed by atoms with Gasteiger partial charge in [0.1, 0.15) is 0 Å². The summed E-state index contributed by atoms with van der Waals surface area (Å²) in [6.45, 7) is 4.28. The Hall–Kier alpha value is -0.820. The third-order valence-corrected chi connectivity index (χ3v) is 5.10. The summed E-state index contributed by atoms with van der Waals surface area (Å²) in [6, 6.07) is 6.49. The molecular weight excluding hydrogens is 220 g/mol. The summed E-state index contributed by atoms with van der Waals surface area (Å²) in [7, 11) is 0. The summed E-state index contributed by atoms with van der Waals surface area (Å²) in [5, 5.41) is 11.0. The maximum atomic E-state index is 11.0. The van der Waals surface area contributed by atoms with E-state index in [9.17, 15) is 5.11 Å². The van der Waals surface area contributed by atoms with E-state index in [-0.39, 0.29) is 0 Å². The SMILES string of the molecule is Cc1ccc(C2(O)CCCC(C3CC3)C2)cc1C. The van der Waals surface area contributed by atoms with Gasteiger partial charge in [0.25, 0.3) is 0 Å². The second-order valence-electron chi connectivity index (χ2n) is 6.52. The zero-order valence-corrected chi connectivity index (χ0v) is 11.6. The van der Waals surface area contributed by atoms with Crippen molar-refractivity contribution in [3.8, 4) is 0 Å². The van der Waals surface area contributed by atoms with Gasteiger partial charge in [-0.3, -0.25) is 0 Å². The standard InChI is InChI=1S/C17H24O/c1-12-5-8-16(10-13(12)2)17(18)9-3-4-15(11-17)14-6-7-14/h5,8,10,14-15,18H,3-4,6-7,9,11H2,1-2H3. The van der Waals surface area contributed by atoms with Crippen molar-refractivity contribution >= 4 is 0 Å². The van der Waals surface area contributed by atoms with Crippen molar-refractivity contribution in [2.75, 3.05) is 0 Å². The minimum absolute atomic E-state index is 0.552. The molecule has 1 heteroatoms. The van der Waals surface area contributed by atoms with Crippen LogP contribution >= 0.6 is 0 Å². The molecule has 3 rings (SSSR count). The van der Waals surface area contributed by atoms with Gasteiger partial charge in [-0.15, -0.1) is 0 Å². The highest BCUT2D eigenvalue weighted by molar-refractivity contribution is 5.33. The fraction of sp³-hybridized carbons (Fsp3) is 0.647. The second kappa shape index (κ2) is 4.38. The van der Waals surface area contributed by atoms with E-state index in [1.54, 1.807) is 0 Å². The van der Waals surface area contributed by atoms with Crippen LogP contribution in [0.4, 0.5) is 0 Å². The van der Waals surface area contributed by atoms with Gasteiger partial charge in [-0.05, 0) is 80.9 Å². The molecule has 1 N–H and O–H groups in total. The third-order valence-electron chi connectivity index (χ3n) is 5.10. The van der Waals surface area contributed by atoms with Crippen molar-refractivity contribution in [1.29, 1.82) is 0 Å². The van der Waals surface area contributed by atoms with Gasteiger partial charge in [0.15, 0.2) is 0 Å². The van der Waals surface area contributed by atoms with E-state index in [0.29, 0.717) is 0 Å². The third kappa shape index (κ3) is 2.21. The minimum Gasteiger partial charge on any atom is -0.385 e. The van der Waals surface area contributed by atoms with Gasteiger partial charge in [0.05, 0.1) is 5.60 Å². The Kier molecular flexibility index (Phi) is 2.97.